The maximum atomic E-state index is 2.38. The van der Waals surface area contributed by atoms with Gasteiger partial charge in [0.15, 0.2) is 0 Å². The maximum absolute atomic E-state index is 2.38. The van der Waals surface area contributed by atoms with Crippen LogP contribution in [-0.4, -0.2) is 20.2 Å². The van der Waals surface area contributed by atoms with Crippen LogP contribution < -0.4 is 0 Å². The van der Waals surface area contributed by atoms with Gasteiger partial charge in [0, 0.05) is 0 Å². The number of hydrogen-bond acceptors (Lipinski definition) is 0. The first kappa shape index (κ1) is 9.82. The fourth-order valence-electron chi connectivity index (χ4n) is 0.922. The van der Waals surface area contributed by atoms with Crippen LogP contribution in [0.2, 0.25) is 13.1 Å². The Balaban J connectivity index is 3.09. The molecule has 0 N–H and O–H groups in total. The number of hydrogen-bond donors (Lipinski definition) is 0. The van der Waals surface area contributed by atoms with Gasteiger partial charge in [-0.15, -0.1) is 0 Å². The average Bonchev–Trinajstić information content (AvgIpc) is 1.91. The number of unbranched alkanes of at least 4 members (excludes halogenated alkanes) is 1. The summed E-state index contributed by atoms with van der Waals surface area (Å²) in [4.78, 5) is 0. The fourth-order valence-corrected chi connectivity index (χ4v) is 6.18. The van der Waals surface area contributed by atoms with Crippen LogP contribution in [0.4, 0.5) is 0 Å². The van der Waals surface area contributed by atoms with Gasteiger partial charge in [0.2, 0.25) is 0 Å². The summed E-state index contributed by atoms with van der Waals surface area (Å²) in [6.45, 7) is 7.05. The topological polar surface area (TPSA) is 0 Å². The van der Waals surface area contributed by atoms with Crippen LogP contribution in [-0.2, 0) is 0 Å². The Morgan fingerprint density at radius 3 is 1.89 bits per heavy atom. The van der Waals surface area contributed by atoms with E-state index in [1.165, 1.54) is 12.8 Å². The standard InChI is InChI=1S/C4H9.2C2H5.Sb/c1-3-4-2;2*1-2;/h1,3-4H2,2H3;2*1H2,2H3;. The molecule has 0 saturated heterocycles. The quantitative estimate of drug-likeness (QED) is 0.643. The number of rotatable bonds is 5. The van der Waals surface area contributed by atoms with Gasteiger partial charge in [0.25, 0.3) is 0 Å². The molecule has 0 aliphatic rings. The zero-order chi connectivity index (χ0) is 7.11. The molecule has 0 aromatic carbocycles. The second-order valence-corrected chi connectivity index (χ2v) is 11.1. The van der Waals surface area contributed by atoms with E-state index in [4.69, 9.17) is 0 Å². The Morgan fingerprint density at radius 1 is 1.00 bits per heavy atom. The van der Waals surface area contributed by atoms with Gasteiger partial charge < -0.3 is 0 Å². The molecule has 0 fully saturated rings. The van der Waals surface area contributed by atoms with Crippen LogP contribution >= 0.6 is 0 Å². The molecule has 0 rings (SSSR count). The Kier molecular flexibility index (Phi) is 7.56. The van der Waals surface area contributed by atoms with E-state index in [2.05, 4.69) is 20.8 Å². The zero-order valence-electron chi connectivity index (χ0n) is 6.98. The van der Waals surface area contributed by atoms with Gasteiger partial charge in [-0.25, -0.2) is 0 Å². The predicted molar refractivity (Wildman–Crippen MR) is 46.4 cm³/mol. The first-order valence-electron chi connectivity index (χ1n) is 4.07. The van der Waals surface area contributed by atoms with Crippen molar-refractivity contribution in [1.29, 1.82) is 0 Å². The molecule has 0 nitrogen and oxygen atoms in total. The average molecular weight is 237 g/mol. The van der Waals surface area contributed by atoms with E-state index in [0.717, 1.165) is 0 Å². The van der Waals surface area contributed by atoms with Crippen LogP contribution in [0.15, 0.2) is 0 Å². The molecule has 56 valence electrons. The van der Waals surface area contributed by atoms with Crippen molar-refractivity contribution in [3.63, 3.8) is 0 Å². The first-order chi connectivity index (χ1) is 4.35. The van der Waals surface area contributed by atoms with E-state index in [1.807, 2.05) is 0 Å². The summed E-state index contributed by atoms with van der Waals surface area (Å²) < 4.78 is 4.74. The Hall–Kier alpha value is 0.818. The third kappa shape index (κ3) is 5.27. The summed E-state index contributed by atoms with van der Waals surface area (Å²) >= 11 is -0.598. The molecule has 0 unspecified atom stereocenters. The third-order valence-electron chi connectivity index (χ3n) is 1.72. The van der Waals surface area contributed by atoms with E-state index in [1.54, 1.807) is 13.1 Å². The summed E-state index contributed by atoms with van der Waals surface area (Å²) in [5.41, 5.74) is 0. The molecule has 0 spiro atoms. The SMILES string of the molecule is CCC[CH2][Sb]([CH2]C)[CH2]C. The Bertz CT molecular complexity index is 48.5. The van der Waals surface area contributed by atoms with E-state index in [9.17, 15) is 0 Å². The van der Waals surface area contributed by atoms with E-state index < -0.39 is 20.2 Å². The van der Waals surface area contributed by atoms with Crippen LogP contribution in [0.3, 0.4) is 0 Å². The molecule has 0 amide bonds. The van der Waals surface area contributed by atoms with Gasteiger partial charge in [0.05, 0.1) is 0 Å². The summed E-state index contributed by atoms with van der Waals surface area (Å²) in [5, 5.41) is 0. The fraction of sp³-hybridized carbons (Fsp3) is 1.00. The van der Waals surface area contributed by atoms with Gasteiger partial charge in [0.1, 0.15) is 0 Å². The van der Waals surface area contributed by atoms with Gasteiger partial charge in [-0.2, -0.15) is 0 Å². The van der Waals surface area contributed by atoms with Gasteiger partial charge in [-0.1, -0.05) is 0 Å². The van der Waals surface area contributed by atoms with Gasteiger partial charge in [-0.3, -0.25) is 0 Å². The summed E-state index contributed by atoms with van der Waals surface area (Å²) in [7, 11) is 0. The second-order valence-electron chi connectivity index (χ2n) is 2.38. The third-order valence-corrected chi connectivity index (χ3v) is 9.54. The summed E-state index contributed by atoms with van der Waals surface area (Å²) in [6.07, 6.45) is 2.91. The minimum absolute atomic E-state index is 0.598. The zero-order valence-corrected chi connectivity index (χ0v) is 9.54. The molecule has 0 saturated carbocycles. The second kappa shape index (κ2) is 6.93. The van der Waals surface area contributed by atoms with Gasteiger partial charge in [-0.05, 0) is 0 Å². The van der Waals surface area contributed by atoms with E-state index in [-0.39, 0.29) is 0 Å². The van der Waals surface area contributed by atoms with Crippen molar-refractivity contribution in [2.75, 3.05) is 0 Å². The van der Waals surface area contributed by atoms with Crippen LogP contribution in [0.1, 0.15) is 33.6 Å². The molecule has 0 heterocycles. The van der Waals surface area contributed by atoms with Crippen molar-refractivity contribution < 1.29 is 0 Å². The monoisotopic (exact) mass is 236 g/mol. The molecular formula is C8H19Sb. The molecule has 0 atom stereocenters. The van der Waals surface area contributed by atoms with Crippen molar-refractivity contribution in [1.82, 2.24) is 0 Å². The van der Waals surface area contributed by atoms with Crippen molar-refractivity contribution >= 4 is 20.2 Å². The van der Waals surface area contributed by atoms with Crippen LogP contribution in [0.25, 0.3) is 0 Å². The Morgan fingerprint density at radius 2 is 1.56 bits per heavy atom. The van der Waals surface area contributed by atoms with Gasteiger partial charge >= 0.3 is 66.9 Å². The van der Waals surface area contributed by atoms with Crippen molar-refractivity contribution in [2.45, 2.75) is 46.7 Å². The molecule has 0 aliphatic carbocycles. The minimum atomic E-state index is -0.598. The van der Waals surface area contributed by atoms with Crippen molar-refractivity contribution in [3.05, 3.63) is 0 Å². The summed E-state index contributed by atoms with van der Waals surface area (Å²) in [5.74, 6) is 0. The molecule has 0 bridgehead atoms. The van der Waals surface area contributed by atoms with E-state index >= 15 is 0 Å². The predicted octanol–water partition coefficient (Wildman–Crippen LogP) is 3.32. The molecule has 0 aromatic heterocycles. The molecule has 9 heavy (non-hydrogen) atoms. The van der Waals surface area contributed by atoms with Crippen LogP contribution in [0, 0.1) is 0 Å². The normalized spacial score (nSPS) is 10.7. The molecule has 0 radical (unpaired) electrons. The summed E-state index contributed by atoms with van der Waals surface area (Å²) in [6, 6.07) is 0. The first-order valence-corrected chi connectivity index (χ1v) is 9.49. The molecule has 0 aliphatic heterocycles. The Labute approximate surface area is 67.0 Å². The van der Waals surface area contributed by atoms with Crippen LogP contribution in [0.5, 0.6) is 0 Å². The van der Waals surface area contributed by atoms with E-state index in [0.29, 0.717) is 0 Å². The molecular weight excluding hydrogens is 218 g/mol. The van der Waals surface area contributed by atoms with Crippen molar-refractivity contribution in [2.24, 2.45) is 0 Å². The molecule has 1 heteroatoms. The van der Waals surface area contributed by atoms with Crippen molar-refractivity contribution in [3.8, 4) is 0 Å². The molecule has 0 aromatic rings.